The van der Waals surface area contributed by atoms with E-state index in [1.54, 1.807) is 13.4 Å². The third kappa shape index (κ3) is 3.82. The lowest BCUT2D eigenvalue weighted by Gasteiger charge is -2.08. The van der Waals surface area contributed by atoms with Gasteiger partial charge in [-0.1, -0.05) is 6.07 Å². The molecule has 0 atom stereocenters. The SMILES string of the molecule is COc1cccc(OCCNCc2ccco2)c1. The van der Waals surface area contributed by atoms with E-state index in [0.717, 1.165) is 23.8 Å². The Morgan fingerprint density at radius 2 is 2.06 bits per heavy atom. The van der Waals surface area contributed by atoms with Gasteiger partial charge in [0.05, 0.1) is 19.9 Å². The highest BCUT2D eigenvalue weighted by Gasteiger charge is 1.97. The van der Waals surface area contributed by atoms with Crippen LogP contribution in [-0.4, -0.2) is 20.3 Å². The molecular formula is C14H17NO3. The van der Waals surface area contributed by atoms with Crippen molar-refractivity contribution in [3.05, 3.63) is 48.4 Å². The Bertz CT molecular complexity index is 454. The fourth-order valence-corrected chi connectivity index (χ4v) is 1.56. The molecule has 1 aromatic heterocycles. The molecule has 0 radical (unpaired) electrons. The monoisotopic (exact) mass is 247 g/mol. The van der Waals surface area contributed by atoms with Crippen molar-refractivity contribution in [1.82, 2.24) is 5.32 Å². The van der Waals surface area contributed by atoms with Crippen LogP contribution in [0.4, 0.5) is 0 Å². The molecular weight excluding hydrogens is 230 g/mol. The standard InChI is InChI=1S/C14H17NO3/c1-16-12-4-2-5-13(10-12)18-9-7-15-11-14-6-3-8-17-14/h2-6,8,10,15H,7,9,11H2,1H3. The maximum atomic E-state index is 5.59. The maximum absolute atomic E-state index is 5.59. The summed E-state index contributed by atoms with van der Waals surface area (Å²) < 4.78 is 15.9. The summed E-state index contributed by atoms with van der Waals surface area (Å²) in [7, 11) is 1.64. The number of rotatable bonds is 7. The smallest absolute Gasteiger partial charge is 0.123 e. The molecule has 0 unspecified atom stereocenters. The summed E-state index contributed by atoms with van der Waals surface area (Å²) in [6, 6.07) is 11.4. The van der Waals surface area contributed by atoms with Crippen LogP contribution in [0.3, 0.4) is 0 Å². The predicted octanol–water partition coefficient (Wildman–Crippen LogP) is 2.46. The molecule has 0 amide bonds. The van der Waals surface area contributed by atoms with Crippen LogP contribution in [0.1, 0.15) is 5.76 Å². The highest BCUT2D eigenvalue weighted by molar-refractivity contribution is 5.32. The molecule has 18 heavy (non-hydrogen) atoms. The van der Waals surface area contributed by atoms with Crippen LogP contribution in [0.25, 0.3) is 0 Å². The number of ether oxygens (including phenoxy) is 2. The molecule has 2 rings (SSSR count). The predicted molar refractivity (Wildman–Crippen MR) is 68.9 cm³/mol. The molecule has 1 N–H and O–H groups in total. The lowest BCUT2D eigenvalue weighted by atomic mass is 10.3. The van der Waals surface area contributed by atoms with Gasteiger partial charge in [-0.05, 0) is 24.3 Å². The van der Waals surface area contributed by atoms with E-state index < -0.39 is 0 Å². The first kappa shape index (κ1) is 12.5. The molecule has 2 aromatic rings. The highest BCUT2D eigenvalue weighted by Crippen LogP contribution is 2.18. The number of hydrogen-bond donors (Lipinski definition) is 1. The minimum atomic E-state index is 0.605. The summed E-state index contributed by atoms with van der Waals surface area (Å²) >= 11 is 0. The summed E-state index contributed by atoms with van der Waals surface area (Å²) in [4.78, 5) is 0. The number of furan rings is 1. The van der Waals surface area contributed by atoms with E-state index in [4.69, 9.17) is 13.9 Å². The summed E-state index contributed by atoms with van der Waals surface area (Å²) in [5.74, 6) is 2.54. The van der Waals surface area contributed by atoms with Crippen LogP contribution in [0.15, 0.2) is 47.1 Å². The zero-order chi connectivity index (χ0) is 12.6. The summed E-state index contributed by atoms with van der Waals surface area (Å²) in [6.07, 6.45) is 1.67. The molecule has 96 valence electrons. The van der Waals surface area contributed by atoms with E-state index in [-0.39, 0.29) is 0 Å². The van der Waals surface area contributed by atoms with Gasteiger partial charge >= 0.3 is 0 Å². The van der Waals surface area contributed by atoms with Gasteiger partial charge < -0.3 is 19.2 Å². The molecule has 0 bridgehead atoms. The first-order valence-corrected chi connectivity index (χ1v) is 5.88. The normalized spacial score (nSPS) is 10.3. The van der Waals surface area contributed by atoms with Gasteiger partial charge in [0.15, 0.2) is 0 Å². The van der Waals surface area contributed by atoms with E-state index in [1.165, 1.54) is 0 Å². The van der Waals surface area contributed by atoms with Gasteiger partial charge in [-0.2, -0.15) is 0 Å². The Morgan fingerprint density at radius 1 is 1.17 bits per heavy atom. The van der Waals surface area contributed by atoms with Crippen LogP contribution in [0, 0.1) is 0 Å². The number of nitrogens with one attached hydrogen (secondary N) is 1. The Hall–Kier alpha value is -1.94. The van der Waals surface area contributed by atoms with Gasteiger partial charge in [0.25, 0.3) is 0 Å². The average molecular weight is 247 g/mol. The van der Waals surface area contributed by atoms with Crippen molar-refractivity contribution in [2.45, 2.75) is 6.54 Å². The summed E-state index contributed by atoms with van der Waals surface area (Å²) in [6.45, 7) is 2.08. The molecule has 0 aliphatic heterocycles. The zero-order valence-corrected chi connectivity index (χ0v) is 10.4. The number of hydrogen-bond acceptors (Lipinski definition) is 4. The molecule has 0 spiro atoms. The van der Waals surface area contributed by atoms with Crippen LogP contribution < -0.4 is 14.8 Å². The van der Waals surface area contributed by atoms with Crippen molar-refractivity contribution in [2.75, 3.05) is 20.3 Å². The van der Waals surface area contributed by atoms with Crippen LogP contribution >= 0.6 is 0 Å². The van der Waals surface area contributed by atoms with E-state index >= 15 is 0 Å². The van der Waals surface area contributed by atoms with Crippen LogP contribution in [0.2, 0.25) is 0 Å². The molecule has 4 heteroatoms. The first-order valence-electron chi connectivity index (χ1n) is 5.88. The van der Waals surface area contributed by atoms with E-state index in [9.17, 15) is 0 Å². The molecule has 0 aliphatic rings. The minimum absolute atomic E-state index is 0.605. The van der Waals surface area contributed by atoms with E-state index in [1.807, 2.05) is 36.4 Å². The van der Waals surface area contributed by atoms with Crippen molar-refractivity contribution < 1.29 is 13.9 Å². The van der Waals surface area contributed by atoms with E-state index in [0.29, 0.717) is 13.2 Å². The minimum Gasteiger partial charge on any atom is -0.497 e. The first-order chi connectivity index (χ1) is 8.88. The van der Waals surface area contributed by atoms with Crippen molar-refractivity contribution in [3.63, 3.8) is 0 Å². The lowest BCUT2D eigenvalue weighted by molar-refractivity contribution is 0.308. The van der Waals surface area contributed by atoms with Crippen molar-refractivity contribution in [3.8, 4) is 11.5 Å². The topological polar surface area (TPSA) is 43.6 Å². The zero-order valence-electron chi connectivity index (χ0n) is 10.4. The van der Waals surface area contributed by atoms with Gasteiger partial charge in [0.2, 0.25) is 0 Å². The van der Waals surface area contributed by atoms with Gasteiger partial charge in [-0.25, -0.2) is 0 Å². The van der Waals surface area contributed by atoms with Crippen molar-refractivity contribution >= 4 is 0 Å². The largest absolute Gasteiger partial charge is 0.497 e. The Kier molecular flexibility index (Phi) is 4.67. The van der Waals surface area contributed by atoms with Gasteiger partial charge in [0.1, 0.15) is 23.9 Å². The molecule has 0 saturated heterocycles. The van der Waals surface area contributed by atoms with Gasteiger partial charge in [-0.3, -0.25) is 0 Å². The third-order valence-corrected chi connectivity index (χ3v) is 2.47. The molecule has 0 fully saturated rings. The maximum Gasteiger partial charge on any atom is 0.123 e. The van der Waals surface area contributed by atoms with E-state index in [2.05, 4.69) is 5.32 Å². The summed E-state index contributed by atoms with van der Waals surface area (Å²) in [5, 5.41) is 3.24. The van der Waals surface area contributed by atoms with Gasteiger partial charge in [0, 0.05) is 12.6 Å². The molecule has 1 aromatic carbocycles. The highest BCUT2D eigenvalue weighted by atomic mass is 16.5. The molecule has 0 saturated carbocycles. The summed E-state index contributed by atoms with van der Waals surface area (Å²) in [5.41, 5.74) is 0. The second kappa shape index (κ2) is 6.71. The van der Waals surface area contributed by atoms with Crippen LogP contribution in [-0.2, 0) is 6.54 Å². The lowest BCUT2D eigenvalue weighted by Crippen LogP contribution is -2.20. The second-order valence-corrected chi connectivity index (χ2v) is 3.78. The Labute approximate surface area is 107 Å². The van der Waals surface area contributed by atoms with Gasteiger partial charge in [-0.15, -0.1) is 0 Å². The third-order valence-electron chi connectivity index (χ3n) is 2.47. The quantitative estimate of drug-likeness (QED) is 0.763. The molecule has 0 aliphatic carbocycles. The van der Waals surface area contributed by atoms with Crippen molar-refractivity contribution in [1.29, 1.82) is 0 Å². The second-order valence-electron chi connectivity index (χ2n) is 3.78. The van der Waals surface area contributed by atoms with Crippen LogP contribution in [0.5, 0.6) is 11.5 Å². The molecule has 4 nitrogen and oxygen atoms in total. The van der Waals surface area contributed by atoms with Crippen molar-refractivity contribution in [2.24, 2.45) is 0 Å². The Balaban J connectivity index is 1.65. The fourth-order valence-electron chi connectivity index (χ4n) is 1.56. The number of benzene rings is 1. The average Bonchev–Trinajstić information content (AvgIpc) is 2.92. The number of methoxy groups -OCH3 is 1. The Morgan fingerprint density at radius 3 is 2.83 bits per heavy atom. The molecule has 1 heterocycles. The fraction of sp³-hybridized carbons (Fsp3) is 0.286.